The molecule has 15 heavy (non-hydrogen) atoms. The highest BCUT2D eigenvalue weighted by atomic mass is 28.3. The van der Waals surface area contributed by atoms with Gasteiger partial charge in [-0.25, -0.2) is 0 Å². The first-order valence-electron chi connectivity index (χ1n) is 5.60. The van der Waals surface area contributed by atoms with E-state index in [1.807, 2.05) is 6.07 Å². The third kappa shape index (κ3) is 6.23. The predicted molar refractivity (Wildman–Crippen MR) is 71.4 cm³/mol. The molecule has 0 bridgehead atoms. The van der Waals surface area contributed by atoms with Crippen molar-refractivity contribution in [3.05, 3.63) is 35.9 Å². The van der Waals surface area contributed by atoms with Gasteiger partial charge in [-0.1, -0.05) is 56.0 Å². The number of aliphatic imine (C=N–C) groups is 1. The maximum atomic E-state index is 4.44. The molecule has 1 rings (SSSR count). The first kappa shape index (κ1) is 12.2. The van der Waals surface area contributed by atoms with Gasteiger partial charge in [0.15, 0.2) is 0 Å². The molecule has 0 atom stereocenters. The largest absolute Gasteiger partial charge is 0.293 e. The molecular weight excluding hydrogens is 198 g/mol. The minimum Gasteiger partial charge on any atom is -0.293 e. The zero-order chi connectivity index (χ0) is 11.1. The molecule has 0 fully saturated rings. The monoisotopic (exact) mass is 219 g/mol. The van der Waals surface area contributed by atoms with Crippen molar-refractivity contribution in [1.29, 1.82) is 0 Å². The van der Waals surface area contributed by atoms with Crippen molar-refractivity contribution in [3.63, 3.8) is 0 Å². The molecule has 0 saturated carbocycles. The van der Waals surface area contributed by atoms with Crippen LogP contribution in [0.4, 0.5) is 0 Å². The van der Waals surface area contributed by atoms with E-state index in [-0.39, 0.29) is 0 Å². The third-order valence-corrected chi connectivity index (χ3v) is 4.06. The van der Waals surface area contributed by atoms with E-state index in [1.54, 1.807) is 0 Å². The average molecular weight is 219 g/mol. The molecule has 1 aromatic carbocycles. The van der Waals surface area contributed by atoms with Gasteiger partial charge < -0.3 is 0 Å². The Bertz CT molecular complexity index is 298. The van der Waals surface area contributed by atoms with Crippen LogP contribution in [-0.2, 0) is 6.54 Å². The smallest absolute Gasteiger partial charge is 0.0635 e. The molecule has 0 aliphatic carbocycles. The summed E-state index contributed by atoms with van der Waals surface area (Å²) < 4.78 is 0. The van der Waals surface area contributed by atoms with Crippen LogP contribution in [0, 0.1) is 0 Å². The quantitative estimate of drug-likeness (QED) is 0.524. The summed E-state index contributed by atoms with van der Waals surface area (Å²) in [4.78, 5) is 4.44. The number of hydrogen-bond donors (Lipinski definition) is 0. The molecule has 1 aromatic rings. The van der Waals surface area contributed by atoms with Crippen LogP contribution in [0.15, 0.2) is 35.3 Å². The Morgan fingerprint density at radius 3 is 2.40 bits per heavy atom. The van der Waals surface area contributed by atoms with E-state index in [4.69, 9.17) is 0 Å². The van der Waals surface area contributed by atoms with Crippen LogP contribution in [0.5, 0.6) is 0 Å². The number of nitrogens with zero attached hydrogens (tertiary/aromatic N) is 1. The summed E-state index contributed by atoms with van der Waals surface area (Å²) >= 11 is 0. The first-order valence-corrected chi connectivity index (χ1v) is 9.31. The van der Waals surface area contributed by atoms with Gasteiger partial charge in [0.2, 0.25) is 0 Å². The van der Waals surface area contributed by atoms with E-state index in [0.29, 0.717) is 0 Å². The highest BCUT2D eigenvalue weighted by Gasteiger charge is 2.10. The standard InChI is InChI=1S/C13H21NSi/c1-15(2,3)11-7-10-14-12-13-8-5-4-6-9-13/h4-6,8-10H,7,11-12H2,1-3H3. The lowest BCUT2D eigenvalue weighted by Crippen LogP contribution is -2.18. The van der Waals surface area contributed by atoms with Crippen LogP contribution in [-0.4, -0.2) is 14.3 Å². The number of benzene rings is 1. The summed E-state index contributed by atoms with van der Waals surface area (Å²) in [6.45, 7) is 8.03. The molecule has 0 aromatic heterocycles. The van der Waals surface area contributed by atoms with Crippen molar-refractivity contribution < 1.29 is 0 Å². The summed E-state index contributed by atoms with van der Waals surface area (Å²) in [5.74, 6) is 0. The minimum absolute atomic E-state index is 0.826. The highest BCUT2D eigenvalue weighted by Crippen LogP contribution is 2.09. The molecule has 0 N–H and O–H groups in total. The Labute approximate surface area is 94.3 Å². The Kier molecular flexibility index (Phi) is 4.76. The maximum Gasteiger partial charge on any atom is 0.0635 e. The Balaban J connectivity index is 2.23. The second kappa shape index (κ2) is 5.86. The van der Waals surface area contributed by atoms with Crippen LogP contribution < -0.4 is 0 Å². The van der Waals surface area contributed by atoms with Gasteiger partial charge in [0.1, 0.15) is 0 Å². The molecule has 0 saturated heterocycles. The van der Waals surface area contributed by atoms with Gasteiger partial charge in [-0.2, -0.15) is 0 Å². The van der Waals surface area contributed by atoms with Crippen molar-refractivity contribution >= 4 is 14.3 Å². The van der Waals surface area contributed by atoms with Crippen LogP contribution >= 0.6 is 0 Å². The van der Waals surface area contributed by atoms with Gasteiger partial charge in [-0.15, -0.1) is 0 Å². The second-order valence-electron chi connectivity index (χ2n) is 5.11. The summed E-state index contributed by atoms with van der Waals surface area (Å²) in [6, 6.07) is 11.7. The van der Waals surface area contributed by atoms with E-state index in [9.17, 15) is 0 Å². The molecule has 0 aliphatic heterocycles. The van der Waals surface area contributed by atoms with Crippen LogP contribution in [0.25, 0.3) is 0 Å². The lowest BCUT2D eigenvalue weighted by molar-refractivity contribution is 1.06. The van der Waals surface area contributed by atoms with Gasteiger partial charge in [0.25, 0.3) is 0 Å². The van der Waals surface area contributed by atoms with Crippen molar-refractivity contribution in [2.45, 2.75) is 38.7 Å². The zero-order valence-corrected chi connectivity index (χ0v) is 11.0. The minimum atomic E-state index is -0.878. The fourth-order valence-corrected chi connectivity index (χ4v) is 2.34. The third-order valence-electron chi connectivity index (χ3n) is 2.27. The van der Waals surface area contributed by atoms with Crippen molar-refractivity contribution in [2.24, 2.45) is 4.99 Å². The molecule has 2 heteroatoms. The highest BCUT2D eigenvalue weighted by molar-refractivity contribution is 6.76. The predicted octanol–water partition coefficient (Wildman–Crippen LogP) is 3.99. The van der Waals surface area contributed by atoms with Crippen molar-refractivity contribution in [2.75, 3.05) is 0 Å². The van der Waals surface area contributed by atoms with Crippen LogP contribution in [0.2, 0.25) is 25.7 Å². The summed E-state index contributed by atoms with van der Waals surface area (Å²) in [6.07, 6.45) is 3.23. The molecule has 82 valence electrons. The molecule has 0 unspecified atom stereocenters. The van der Waals surface area contributed by atoms with E-state index >= 15 is 0 Å². The SMILES string of the molecule is C[Si](C)(C)CCC=NCc1ccccc1. The van der Waals surface area contributed by atoms with Gasteiger partial charge in [-0.05, 0) is 18.2 Å². The fourth-order valence-electron chi connectivity index (χ4n) is 1.34. The van der Waals surface area contributed by atoms with Gasteiger partial charge in [0.05, 0.1) is 6.54 Å². The maximum absolute atomic E-state index is 4.44. The second-order valence-corrected chi connectivity index (χ2v) is 10.7. The molecule has 0 heterocycles. The molecule has 0 aliphatic rings. The van der Waals surface area contributed by atoms with Crippen LogP contribution in [0.3, 0.4) is 0 Å². The zero-order valence-electron chi connectivity index (χ0n) is 10.0. The van der Waals surface area contributed by atoms with Gasteiger partial charge >= 0.3 is 0 Å². The molecule has 0 radical (unpaired) electrons. The van der Waals surface area contributed by atoms with E-state index in [1.165, 1.54) is 11.6 Å². The lowest BCUT2D eigenvalue weighted by Gasteiger charge is -2.12. The topological polar surface area (TPSA) is 12.4 Å². The average Bonchev–Trinajstić information content (AvgIpc) is 2.17. The van der Waals surface area contributed by atoms with Gasteiger partial charge in [-0.3, -0.25) is 4.99 Å². The molecule has 0 spiro atoms. The van der Waals surface area contributed by atoms with E-state index in [2.05, 4.69) is 55.1 Å². The van der Waals surface area contributed by atoms with E-state index < -0.39 is 8.07 Å². The molecule has 1 nitrogen and oxygen atoms in total. The molecular formula is C13H21NSi. The van der Waals surface area contributed by atoms with E-state index in [0.717, 1.165) is 13.0 Å². The summed E-state index contributed by atoms with van der Waals surface area (Å²) in [5, 5.41) is 0. The van der Waals surface area contributed by atoms with Crippen molar-refractivity contribution in [3.8, 4) is 0 Å². The number of hydrogen-bond acceptors (Lipinski definition) is 1. The van der Waals surface area contributed by atoms with Crippen molar-refractivity contribution in [1.82, 2.24) is 0 Å². The summed E-state index contributed by atoms with van der Waals surface area (Å²) in [7, 11) is -0.878. The van der Waals surface area contributed by atoms with Crippen LogP contribution in [0.1, 0.15) is 12.0 Å². The van der Waals surface area contributed by atoms with Gasteiger partial charge in [0, 0.05) is 8.07 Å². The first-order chi connectivity index (χ1) is 7.08. The molecule has 0 amide bonds. The summed E-state index contributed by atoms with van der Waals surface area (Å²) in [5.41, 5.74) is 1.29. The Morgan fingerprint density at radius 2 is 1.80 bits per heavy atom. The normalized spacial score (nSPS) is 12.2. The lowest BCUT2D eigenvalue weighted by atomic mass is 10.2. The fraction of sp³-hybridized carbons (Fsp3) is 0.462. The Morgan fingerprint density at radius 1 is 1.13 bits per heavy atom. The number of rotatable bonds is 5. The Hall–Kier alpha value is -0.893.